The standard InChI is InChI=1S/C65H111N2O7P/c1-7-10-13-16-19-22-25-28-29-30-31-32-33-34-35-36-37-40-43-46-49-52-55-58-65(69)74-63(56-53-50-47-44-41-38-26-23-20-17-14-11-8-2)62(61-73-75(70,71)72-60-59-67(4,5)6)66-64(68)57-54-51-48-45-42-39-27-24-21-18-15-12-9-3/h10,12-13,15,18-19,21-22,24,27-29,31-32,34-35,37,40,53,56,62-63H,7-9,11,14,16-17,20,23,25-26,30,33,36,38-39,41-52,54-55,57-61H2,1-6H3,(H-,66,68,70,71)/b13-10-,15-12+,21-18+,22-19-,27-24-,29-28-,32-31-,35-34-,40-37-,56-53-. The smallest absolute Gasteiger partial charge is 0.306 e. The molecule has 0 radical (unpaired) electrons. The van der Waals surface area contributed by atoms with Gasteiger partial charge in [0.25, 0.3) is 7.82 Å². The molecule has 0 saturated heterocycles. The predicted octanol–water partition coefficient (Wildman–Crippen LogP) is 17.7. The van der Waals surface area contributed by atoms with Gasteiger partial charge in [0.15, 0.2) is 0 Å². The van der Waals surface area contributed by atoms with Gasteiger partial charge in [0.1, 0.15) is 19.3 Å². The first-order chi connectivity index (χ1) is 36.4. The Morgan fingerprint density at radius 1 is 0.493 bits per heavy atom. The van der Waals surface area contributed by atoms with Gasteiger partial charge in [-0.1, -0.05) is 233 Å². The van der Waals surface area contributed by atoms with Crippen molar-refractivity contribution in [2.75, 3.05) is 40.9 Å². The van der Waals surface area contributed by atoms with Crippen LogP contribution in [0.3, 0.4) is 0 Å². The number of hydrogen-bond donors (Lipinski definition) is 1. The van der Waals surface area contributed by atoms with Gasteiger partial charge < -0.3 is 28.5 Å². The van der Waals surface area contributed by atoms with E-state index in [0.717, 1.165) is 122 Å². The molecule has 0 aromatic heterocycles. The predicted molar refractivity (Wildman–Crippen MR) is 320 cm³/mol. The number of nitrogens with one attached hydrogen (secondary N) is 1. The second-order valence-corrected chi connectivity index (χ2v) is 22.2. The molecule has 428 valence electrons. The molecule has 75 heavy (non-hydrogen) atoms. The van der Waals surface area contributed by atoms with Gasteiger partial charge in [-0.2, -0.15) is 0 Å². The Morgan fingerprint density at radius 2 is 0.920 bits per heavy atom. The molecule has 9 nitrogen and oxygen atoms in total. The lowest BCUT2D eigenvalue weighted by atomic mass is 10.0. The molecular weight excluding hydrogens is 952 g/mol. The van der Waals surface area contributed by atoms with Gasteiger partial charge in [-0.3, -0.25) is 14.2 Å². The zero-order chi connectivity index (χ0) is 55.0. The lowest BCUT2D eigenvalue weighted by molar-refractivity contribution is -0.870. The van der Waals surface area contributed by atoms with E-state index in [1.54, 1.807) is 0 Å². The Kier molecular flexibility index (Phi) is 51.2. The van der Waals surface area contributed by atoms with Crippen LogP contribution in [-0.2, 0) is 27.9 Å². The number of nitrogens with zero attached hydrogens (tertiary/aromatic N) is 1. The Balaban J connectivity index is 5.36. The van der Waals surface area contributed by atoms with E-state index in [1.165, 1.54) is 57.8 Å². The first-order valence-corrected chi connectivity index (χ1v) is 31.3. The van der Waals surface area contributed by atoms with E-state index < -0.39 is 26.6 Å². The maximum Gasteiger partial charge on any atom is 0.306 e. The van der Waals surface area contributed by atoms with Crippen molar-refractivity contribution in [1.29, 1.82) is 0 Å². The van der Waals surface area contributed by atoms with Crippen molar-refractivity contribution in [2.24, 2.45) is 0 Å². The minimum absolute atomic E-state index is 0.0377. The highest BCUT2D eigenvalue weighted by atomic mass is 31.2. The number of unbranched alkanes of at least 4 members (excludes halogenated alkanes) is 20. The number of amides is 1. The SMILES string of the molecule is CC/C=C\C/C=C\C/C=C\C/C=C\C/C=C\C/C=C\CCCCCCC(=O)OC(/C=C\CCCCCCCCCCCCC)C(COP(=O)([O-])OCC[N+](C)(C)C)NC(=O)CCCCCCC\C=C/C=C/C=C/CC. The van der Waals surface area contributed by atoms with Crippen LogP contribution >= 0.6 is 7.82 Å². The fraction of sp³-hybridized carbons (Fsp3) is 0.662. The fourth-order valence-electron chi connectivity index (χ4n) is 7.88. The second-order valence-electron chi connectivity index (χ2n) is 20.8. The van der Waals surface area contributed by atoms with Crippen molar-refractivity contribution in [3.05, 3.63) is 122 Å². The summed E-state index contributed by atoms with van der Waals surface area (Å²) in [6, 6.07) is -0.918. The lowest BCUT2D eigenvalue weighted by Gasteiger charge is -2.30. The Bertz CT molecular complexity index is 1700. The van der Waals surface area contributed by atoms with Gasteiger partial charge in [0.05, 0.1) is 33.8 Å². The maximum atomic E-state index is 13.5. The number of likely N-dealkylation sites (N-methyl/N-ethyl adjacent to an activating group) is 1. The highest BCUT2D eigenvalue weighted by Gasteiger charge is 2.27. The van der Waals surface area contributed by atoms with E-state index in [-0.39, 0.29) is 31.3 Å². The summed E-state index contributed by atoms with van der Waals surface area (Å²) in [5.74, 6) is -0.604. The van der Waals surface area contributed by atoms with Crippen molar-refractivity contribution >= 4 is 19.7 Å². The number of phosphoric acid groups is 1. The van der Waals surface area contributed by atoms with E-state index in [4.69, 9.17) is 13.8 Å². The number of carbonyl (C=O) groups is 2. The number of quaternary nitrogens is 1. The molecule has 0 heterocycles. The summed E-state index contributed by atoms with van der Waals surface area (Å²) in [6.07, 6.45) is 74.5. The van der Waals surface area contributed by atoms with E-state index >= 15 is 0 Å². The average Bonchev–Trinajstić information content (AvgIpc) is 3.37. The summed E-state index contributed by atoms with van der Waals surface area (Å²) in [7, 11) is 1.13. The van der Waals surface area contributed by atoms with E-state index in [2.05, 4.69) is 129 Å². The van der Waals surface area contributed by atoms with Crippen molar-refractivity contribution in [1.82, 2.24) is 5.32 Å². The molecule has 0 bridgehead atoms. The zero-order valence-corrected chi connectivity index (χ0v) is 49.6. The maximum absolute atomic E-state index is 13.5. The highest BCUT2D eigenvalue weighted by molar-refractivity contribution is 7.45. The third-order valence-electron chi connectivity index (χ3n) is 12.4. The lowest BCUT2D eigenvalue weighted by Crippen LogP contribution is -2.47. The van der Waals surface area contributed by atoms with Gasteiger partial charge in [-0.15, -0.1) is 0 Å². The van der Waals surface area contributed by atoms with Crippen LogP contribution in [0.5, 0.6) is 0 Å². The molecule has 3 unspecified atom stereocenters. The van der Waals surface area contributed by atoms with Gasteiger partial charge >= 0.3 is 5.97 Å². The van der Waals surface area contributed by atoms with Gasteiger partial charge in [0, 0.05) is 12.8 Å². The van der Waals surface area contributed by atoms with Crippen LogP contribution in [0, 0.1) is 0 Å². The molecule has 0 aliphatic rings. The van der Waals surface area contributed by atoms with Crippen molar-refractivity contribution in [2.45, 2.75) is 238 Å². The van der Waals surface area contributed by atoms with E-state index in [0.29, 0.717) is 23.9 Å². The van der Waals surface area contributed by atoms with Crippen LogP contribution in [0.4, 0.5) is 0 Å². The topological polar surface area (TPSA) is 114 Å². The van der Waals surface area contributed by atoms with Crippen LogP contribution in [-0.4, -0.2) is 69.4 Å². The molecule has 0 fully saturated rings. The van der Waals surface area contributed by atoms with Crippen molar-refractivity contribution in [3.63, 3.8) is 0 Å². The van der Waals surface area contributed by atoms with E-state index in [1.807, 2.05) is 39.4 Å². The summed E-state index contributed by atoms with van der Waals surface area (Å²) >= 11 is 0. The van der Waals surface area contributed by atoms with Crippen molar-refractivity contribution in [3.8, 4) is 0 Å². The first-order valence-electron chi connectivity index (χ1n) is 29.9. The number of hydrogen-bond acceptors (Lipinski definition) is 7. The van der Waals surface area contributed by atoms with Gasteiger partial charge in [-0.05, 0) is 102 Å². The summed E-state index contributed by atoms with van der Waals surface area (Å²) in [4.78, 5) is 39.9. The molecule has 0 aliphatic heterocycles. The average molecular weight is 1060 g/mol. The third-order valence-corrected chi connectivity index (χ3v) is 13.4. The van der Waals surface area contributed by atoms with E-state index in [9.17, 15) is 19.0 Å². The monoisotopic (exact) mass is 1060 g/mol. The second kappa shape index (κ2) is 53.8. The molecule has 1 N–H and O–H groups in total. The van der Waals surface area contributed by atoms with Crippen LogP contribution in [0.15, 0.2) is 122 Å². The summed E-state index contributed by atoms with van der Waals surface area (Å²) in [6.45, 7) is 6.54. The number of phosphoric ester groups is 1. The summed E-state index contributed by atoms with van der Waals surface area (Å²) < 4.78 is 30.2. The molecule has 0 rings (SSSR count). The van der Waals surface area contributed by atoms with Crippen LogP contribution in [0.2, 0.25) is 0 Å². The number of carbonyl (C=O) groups excluding carboxylic acids is 2. The Morgan fingerprint density at radius 3 is 1.43 bits per heavy atom. The Hall–Kier alpha value is -3.59. The molecule has 0 aromatic rings. The highest BCUT2D eigenvalue weighted by Crippen LogP contribution is 2.38. The first kappa shape index (κ1) is 71.4. The van der Waals surface area contributed by atoms with Crippen LogP contribution in [0.1, 0.15) is 226 Å². The molecular formula is C65H111N2O7P. The molecule has 3 atom stereocenters. The number of esters is 1. The van der Waals surface area contributed by atoms with Crippen LogP contribution in [0.25, 0.3) is 0 Å². The fourth-order valence-corrected chi connectivity index (χ4v) is 8.60. The number of rotatable bonds is 52. The van der Waals surface area contributed by atoms with Crippen molar-refractivity contribution < 1.29 is 37.3 Å². The molecule has 1 amide bonds. The summed E-state index contributed by atoms with van der Waals surface area (Å²) in [5.41, 5.74) is 0. The van der Waals surface area contributed by atoms with Crippen LogP contribution < -0.4 is 10.2 Å². The minimum atomic E-state index is -4.72. The molecule has 10 heteroatoms. The third kappa shape index (κ3) is 55.0. The summed E-state index contributed by atoms with van der Waals surface area (Å²) in [5, 5.41) is 3.00. The Labute approximate surface area is 461 Å². The molecule has 0 aromatic carbocycles. The normalized spacial score (nSPS) is 14.6. The quantitative estimate of drug-likeness (QED) is 0.0161. The van der Waals surface area contributed by atoms with Gasteiger partial charge in [-0.25, -0.2) is 0 Å². The van der Waals surface area contributed by atoms with Gasteiger partial charge in [0.2, 0.25) is 5.91 Å². The molecule has 0 spiro atoms. The minimum Gasteiger partial charge on any atom is -0.756 e. The number of ether oxygens (including phenoxy) is 1. The number of allylic oxidation sites excluding steroid dienone is 19. The molecule has 0 saturated carbocycles. The largest absolute Gasteiger partial charge is 0.756 e. The zero-order valence-electron chi connectivity index (χ0n) is 48.7. The molecule has 0 aliphatic carbocycles.